The molecule has 9 rings (SSSR count). The van der Waals surface area contributed by atoms with E-state index in [0.717, 1.165) is 12.5 Å². The van der Waals surface area contributed by atoms with Gasteiger partial charge in [-0.3, -0.25) is 24.1 Å². The number of hydrogen-bond acceptors (Lipinski definition) is 17. The Morgan fingerprint density at radius 1 is 0.795 bits per heavy atom. The van der Waals surface area contributed by atoms with Crippen molar-refractivity contribution in [2.75, 3.05) is 32.1 Å². The van der Waals surface area contributed by atoms with Crippen LogP contribution in [-0.4, -0.2) is 140 Å². The second kappa shape index (κ2) is 23.8. The third-order valence-electron chi connectivity index (χ3n) is 17.6. The van der Waals surface area contributed by atoms with Crippen molar-refractivity contribution in [2.24, 2.45) is 16.7 Å². The van der Waals surface area contributed by atoms with Crippen LogP contribution in [0, 0.1) is 16.7 Å². The number of nitrogens with zero attached hydrogens (tertiary/aromatic N) is 1. The molecule has 2 heterocycles. The summed E-state index contributed by atoms with van der Waals surface area (Å²) in [5.41, 5.74) is -6.46. The Bertz CT molecular complexity index is 3140. The standard InChI is InChI=1S/C62H69Cl2NO17Si/c1-35-42(77-57(71)51-49(38-21-15-11-16-22-38)65(55(80-51)39-25-27-41(74-6)28-26-39)58(72)75-33-43(83(7,8)9)37-19-13-10-14-20-37)30-62(73)54(81-56(70)40-23-17-12-18-24-40)52-60(5,53(69)50(79-47(68)32-64)48(35)59(62,3)4)44(78-46(67)31-63)29-45-61(52,34-76-45)82-36(2)66/h10-28,42-45,49-52,54-55,73H,29-34H2,1-9H3/t42-,43?,44-,45+,49?,50?,51?,52?,54-,55?,60+,61-,62+/m0/s1. The highest BCUT2D eigenvalue weighted by atomic mass is 35.5. The molecule has 2 aliphatic heterocycles. The fraction of sp³-hybridized carbons (Fsp3) is 0.468. The predicted molar refractivity (Wildman–Crippen MR) is 304 cm³/mol. The molecule has 1 amide bonds. The molecule has 13 atom stereocenters. The van der Waals surface area contributed by atoms with E-state index in [2.05, 4.69) is 19.6 Å². The van der Waals surface area contributed by atoms with Crippen molar-refractivity contribution in [3.63, 3.8) is 0 Å². The summed E-state index contributed by atoms with van der Waals surface area (Å²) in [7, 11) is -0.559. The Morgan fingerprint density at radius 2 is 1.40 bits per heavy atom. The minimum atomic E-state index is -2.51. The zero-order chi connectivity index (χ0) is 60.0. The second-order valence-electron chi connectivity index (χ2n) is 23.6. The molecule has 5 aliphatic rings. The first-order chi connectivity index (χ1) is 39.4. The summed E-state index contributed by atoms with van der Waals surface area (Å²) in [6.07, 6.45) is -12.6. The Balaban J connectivity index is 1.21. The second-order valence-corrected chi connectivity index (χ2v) is 29.6. The fourth-order valence-corrected chi connectivity index (χ4v) is 15.2. The smallest absolute Gasteiger partial charge is 0.412 e. The number of amides is 1. The minimum Gasteiger partial charge on any atom is -0.497 e. The highest BCUT2D eigenvalue weighted by Gasteiger charge is 2.79. The van der Waals surface area contributed by atoms with Crippen LogP contribution in [0.5, 0.6) is 5.75 Å². The van der Waals surface area contributed by atoms with E-state index in [0.29, 0.717) is 16.9 Å². The zero-order valence-corrected chi connectivity index (χ0v) is 50.2. The van der Waals surface area contributed by atoms with Gasteiger partial charge in [0.2, 0.25) is 0 Å². The maximum absolute atomic E-state index is 16.3. The third-order valence-corrected chi connectivity index (χ3v) is 20.6. The first-order valence-corrected chi connectivity index (χ1v) is 32.1. The van der Waals surface area contributed by atoms with Crippen LogP contribution in [0.1, 0.15) is 92.3 Å². The molecule has 83 heavy (non-hydrogen) atoms. The normalized spacial score (nSPS) is 30.1. The van der Waals surface area contributed by atoms with Gasteiger partial charge in [-0.25, -0.2) is 14.4 Å². The maximum Gasteiger partial charge on any atom is 0.412 e. The Labute approximate surface area is 492 Å². The van der Waals surface area contributed by atoms with Crippen molar-refractivity contribution in [3.8, 4) is 5.75 Å². The first kappa shape index (κ1) is 61.0. The number of ether oxygens (including phenoxy) is 9. The molecule has 1 N–H and O–H groups in total. The van der Waals surface area contributed by atoms with Crippen LogP contribution >= 0.6 is 23.2 Å². The number of hydrogen-bond donors (Lipinski definition) is 1. The number of alkyl halides is 2. The van der Waals surface area contributed by atoms with E-state index in [1.54, 1.807) is 93.6 Å². The number of methoxy groups -OCH3 is 1. The van der Waals surface area contributed by atoms with Gasteiger partial charge in [-0.1, -0.05) is 124 Å². The summed E-state index contributed by atoms with van der Waals surface area (Å²) in [5, 5.41) is 14.3. The van der Waals surface area contributed by atoms with Gasteiger partial charge in [-0.2, -0.15) is 0 Å². The molecule has 2 bridgehead atoms. The van der Waals surface area contributed by atoms with Gasteiger partial charge in [0.15, 0.2) is 29.8 Å². The van der Waals surface area contributed by atoms with Crippen molar-refractivity contribution >= 4 is 73.0 Å². The van der Waals surface area contributed by atoms with Gasteiger partial charge < -0.3 is 47.7 Å². The largest absolute Gasteiger partial charge is 0.497 e. The van der Waals surface area contributed by atoms with Gasteiger partial charge in [-0.15, -0.1) is 23.2 Å². The number of ketones is 1. The topological polar surface area (TPSA) is 226 Å². The van der Waals surface area contributed by atoms with Crippen LogP contribution < -0.4 is 4.74 Å². The van der Waals surface area contributed by atoms with Crippen LogP contribution in [0.4, 0.5) is 4.79 Å². The average molecular weight is 1200 g/mol. The molecule has 21 heteroatoms. The van der Waals surface area contributed by atoms with E-state index < -0.39 is 145 Å². The molecule has 442 valence electrons. The Morgan fingerprint density at radius 3 is 1.96 bits per heavy atom. The number of rotatable bonds is 16. The summed E-state index contributed by atoms with van der Waals surface area (Å²) in [6.45, 7) is 13.4. The quantitative estimate of drug-likeness (QED) is 0.0363. The number of carbonyl (C=O) groups excluding carboxylic acids is 7. The summed E-state index contributed by atoms with van der Waals surface area (Å²) in [6, 6.07) is 31.9. The van der Waals surface area contributed by atoms with Gasteiger partial charge in [0, 0.05) is 36.3 Å². The number of carbonyl (C=O) groups is 7. The molecule has 2 saturated heterocycles. The van der Waals surface area contributed by atoms with Gasteiger partial charge in [0.25, 0.3) is 0 Å². The van der Waals surface area contributed by atoms with Crippen molar-refractivity contribution in [1.29, 1.82) is 0 Å². The lowest BCUT2D eigenvalue weighted by Crippen LogP contribution is -2.82. The Hall–Kier alpha value is -6.61. The highest BCUT2D eigenvalue weighted by Crippen LogP contribution is 2.65. The van der Waals surface area contributed by atoms with E-state index in [1.165, 1.54) is 31.1 Å². The van der Waals surface area contributed by atoms with E-state index >= 15 is 14.4 Å². The van der Waals surface area contributed by atoms with Crippen LogP contribution in [0.2, 0.25) is 19.6 Å². The average Bonchev–Trinajstić information content (AvgIpc) is 1.15. The molecule has 18 nitrogen and oxygen atoms in total. The number of aliphatic hydroxyl groups is 1. The molecular weight excluding hydrogens is 1130 g/mol. The van der Waals surface area contributed by atoms with E-state index in [4.69, 9.17) is 65.8 Å². The number of esters is 5. The van der Waals surface area contributed by atoms with Crippen molar-refractivity contribution in [3.05, 3.63) is 149 Å². The fourth-order valence-electron chi connectivity index (χ4n) is 13.3. The molecule has 6 unspecified atom stereocenters. The minimum absolute atomic E-state index is 0.00989. The molecule has 0 radical (unpaired) electrons. The van der Waals surface area contributed by atoms with Gasteiger partial charge in [0.1, 0.15) is 53.6 Å². The summed E-state index contributed by atoms with van der Waals surface area (Å²) in [4.78, 5) is 104. The van der Waals surface area contributed by atoms with E-state index in [1.807, 2.05) is 30.3 Å². The maximum atomic E-state index is 16.3. The van der Waals surface area contributed by atoms with Gasteiger partial charge in [0.05, 0.1) is 45.3 Å². The number of halogens is 2. The van der Waals surface area contributed by atoms with Crippen LogP contribution in [0.25, 0.3) is 0 Å². The molecule has 2 saturated carbocycles. The van der Waals surface area contributed by atoms with Gasteiger partial charge >= 0.3 is 35.9 Å². The van der Waals surface area contributed by atoms with E-state index in [9.17, 15) is 24.3 Å². The summed E-state index contributed by atoms with van der Waals surface area (Å²) in [5.74, 6) is -8.34. The van der Waals surface area contributed by atoms with Crippen molar-refractivity contribution in [2.45, 2.75) is 133 Å². The van der Waals surface area contributed by atoms with Crippen LogP contribution in [0.15, 0.2) is 126 Å². The lowest BCUT2D eigenvalue weighted by Gasteiger charge is -2.67. The van der Waals surface area contributed by atoms with Crippen LogP contribution in [-0.2, 0) is 61.9 Å². The molecule has 0 aromatic heterocycles. The summed E-state index contributed by atoms with van der Waals surface area (Å²) < 4.78 is 56.3. The molecule has 4 fully saturated rings. The predicted octanol–water partition coefficient (Wildman–Crippen LogP) is 9.16. The molecule has 3 aliphatic carbocycles. The lowest BCUT2D eigenvalue weighted by molar-refractivity contribution is -0.346. The van der Waals surface area contributed by atoms with Gasteiger partial charge in [-0.05, 0) is 60.4 Å². The first-order valence-electron chi connectivity index (χ1n) is 27.5. The number of fused-ring (bicyclic) bond motifs is 5. The monoisotopic (exact) mass is 1200 g/mol. The number of benzene rings is 4. The van der Waals surface area contributed by atoms with Crippen LogP contribution in [0.3, 0.4) is 0 Å². The SMILES string of the molecule is COc1ccc(C2OC(C(=O)O[C@H]3C[C@@]4(O)[C@@H](OC(=O)c5ccccc5)C5[C@](C)(C(=O)C(OC(=O)CCl)C(=C3C)C4(C)C)[C@@H](OC(=O)CCl)C[C@H]3OC[C@@]53OC(C)=O)C(c3ccccc3)N2C(=O)OCC(c2ccccc2)[Si](C)(C)C)cc1. The molecule has 4 aromatic rings. The zero-order valence-electron chi connectivity index (χ0n) is 47.7. The molecular formula is C62H69Cl2NO17Si. The lowest BCUT2D eigenvalue weighted by atomic mass is 9.44. The highest BCUT2D eigenvalue weighted by molar-refractivity contribution is 6.77. The van der Waals surface area contributed by atoms with E-state index in [-0.39, 0.29) is 41.9 Å². The molecule has 4 aromatic carbocycles. The third kappa shape index (κ3) is 11.1. The molecule has 0 spiro atoms. The van der Waals surface area contributed by atoms with Crippen molar-refractivity contribution < 1.29 is 81.3 Å². The van der Waals surface area contributed by atoms with Crippen molar-refractivity contribution in [1.82, 2.24) is 4.90 Å². The summed E-state index contributed by atoms with van der Waals surface area (Å²) >= 11 is 12.2. The Kier molecular flexibility index (Phi) is 17.5. The number of Topliss-reactive ketones (excluding diaryl/α,β-unsaturated/α-hetero) is 1.